The number of nitrogens with one attached hydrogen (secondary N) is 1. The maximum absolute atomic E-state index is 12.0. The van der Waals surface area contributed by atoms with Crippen molar-refractivity contribution in [2.24, 2.45) is 0 Å². The molecule has 0 radical (unpaired) electrons. The minimum atomic E-state index is -1.05. The SMILES string of the molecule is CCN(C)C(C(=O)NCC(=O)O)c1ccccc1. The molecule has 0 spiro atoms. The zero-order chi connectivity index (χ0) is 13.5. The van der Waals surface area contributed by atoms with Gasteiger partial charge in [-0.25, -0.2) is 0 Å². The highest BCUT2D eigenvalue weighted by atomic mass is 16.4. The van der Waals surface area contributed by atoms with Gasteiger partial charge in [0, 0.05) is 0 Å². The monoisotopic (exact) mass is 250 g/mol. The summed E-state index contributed by atoms with van der Waals surface area (Å²) in [6.45, 7) is 2.28. The van der Waals surface area contributed by atoms with Crippen molar-refractivity contribution in [3.63, 3.8) is 0 Å². The van der Waals surface area contributed by atoms with Crippen LogP contribution in [0.3, 0.4) is 0 Å². The van der Waals surface area contributed by atoms with Crippen molar-refractivity contribution in [1.29, 1.82) is 0 Å². The summed E-state index contributed by atoms with van der Waals surface area (Å²) in [6.07, 6.45) is 0. The van der Waals surface area contributed by atoms with Crippen LogP contribution in [0.4, 0.5) is 0 Å². The zero-order valence-corrected chi connectivity index (χ0v) is 10.6. The number of benzene rings is 1. The minimum absolute atomic E-state index is 0.298. The van der Waals surface area contributed by atoms with Gasteiger partial charge in [-0.2, -0.15) is 0 Å². The number of rotatable bonds is 6. The van der Waals surface area contributed by atoms with Crippen molar-refractivity contribution in [1.82, 2.24) is 10.2 Å². The van der Waals surface area contributed by atoms with E-state index in [9.17, 15) is 9.59 Å². The average Bonchev–Trinajstić information content (AvgIpc) is 2.37. The molecule has 0 fully saturated rings. The van der Waals surface area contributed by atoms with Gasteiger partial charge < -0.3 is 10.4 Å². The Hall–Kier alpha value is -1.88. The highest BCUT2D eigenvalue weighted by Gasteiger charge is 2.24. The summed E-state index contributed by atoms with van der Waals surface area (Å²) >= 11 is 0. The van der Waals surface area contributed by atoms with Crippen LogP contribution in [0.2, 0.25) is 0 Å². The second kappa shape index (κ2) is 6.76. The van der Waals surface area contributed by atoms with Crippen LogP contribution in [0, 0.1) is 0 Å². The van der Waals surface area contributed by atoms with E-state index in [1.807, 2.05) is 49.2 Å². The van der Waals surface area contributed by atoms with Gasteiger partial charge in [0.05, 0.1) is 0 Å². The molecule has 98 valence electrons. The number of hydrogen-bond donors (Lipinski definition) is 2. The third-order valence-electron chi connectivity index (χ3n) is 2.72. The Kier molecular flexibility index (Phi) is 5.32. The van der Waals surface area contributed by atoms with Crippen molar-refractivity contribution < 1.29 is 14.7 Å². The first-order chi connectivity index (χ1) is 8.56. The normalized spacial score (nSPS) is 12.2. The van der Waals surface area contributed by atoms with E-state index in [0.29, 0.717) is 6.54 Å². The third-order valence-corrected chi connectivity index (χ3v) is 2.72. The smallest absolute Gasteiger partial charge is 0.322 e. The summed E-state index contributed by atoms with van der Waals surface area (Å²) in [5.41, 5.74) is 0.852. The summed E-state index contributed by atoms with van der Waals surface area (Å²) in [4.78, 5) is 24.4. The number of carboxylic acid groups (broad SMARTS) is 1. The van der Waals surface area contributed by atoms with E-state index in [0.717, 1.165) is 5.56 Å². The van der Waals surface area contributed by atoms with Crippen LogP contribution < -0.4 is 5.32 Å². The van der Waals surface area contributed by atoms with Crippen molar-refractivity contribution in [3.05, 3.63) is 35.9 Å². The van der Waals surface area contributed by atoms with Crippen LogP contribution in [0.5, 0.6) is 0 Å². The lowest BCUT2D eigenvalue weighted by atomic mass is 10.0. The molecule has 1 unspecified atom stereocenters. The highest BCUT2D eigenvalue weighted by Crippen LogP contribution is 2.18. The molecule has 0 bridgehead atoms. The van der Waals surface area contributed by atoms with Crippen LogP contribution in [0.15, 0.2) is 30.3 Å². The van der Waals surface area contributed by atoms with Crippen molar-refractivity contribution in [2.75, 3.05) is 20.1 Å². The molecule has 0 saturated heterocycles. The van der Waals surface area contributed by atoms with E-state index < -0.39 is 12.0 Å². The van der Waals surface area contributed by atoms with Gasteiger partial charge in [0.1, 0.15) is 12.6 Å². The molecule has 0 aliphatic carbocycles. The lowest BCUT2D eigenvalue weighted by Crippen LogP contribution is -2.40. The van der Waals surface area contributed by atoms with Gasteiger partial charge in [-0.3, -0.25) is 14.5 Å². The number of carbonyl (C=O) groups is 2. The van der Waals surface area contributed by atoms with E-state index in [1.165, 1.54) is 0 Å². The van der Waals surface area contributed by atoms with E-state index in [1.54, 1.807) is 0 Å². The molecule has 0 saturated carbocycles. The Morgan fingerprint density at radius 3 is 2.44 bits per heavy atom. The van der Waals surface area contributed by atoms with Crippen LogP contribution in [0.25, 0.3) is 0 Å². The summed E-state index contributed by atoms with van der Waals surface area (Å²) in [5, 5.41) is 11.0. The molecule has 1 aromatic carbocycles. The average molecular weight is 250 g/mol. The molecule has 1 amide bonds. The molecule has 5 nitrogen and oxygen atoms in total. The molecule has 0 aliphatic heterocycles. The molecule has 1 rings (SSSR count). The molecule has 5 heteroatoms. The molecule has 1 atom stereocenters. The first kappa shape index (κ1) is 14.2. The molecule has 0 aromatic heterocycles. The minimum Gasteiger partial charge on any atom is -0.480 e. The van der Waals surface area contributed by atoms with Gasteiger partial charge in [0.15, 0.2) is 0 Å². The quantitative estimate of drug-likeness (QED) is 0.786. The molecule has 0 aliphatic rings. The van der Waals surface area contributed by atoms with E-state index in [4.69, 9.17) is 5.11 Å². The summed E-state index contributed by atoms with van der Waals surface area (Å²) in [6, 6.07) is 8.85. The Balaban J connectivity index is 2.85. The number of carboxylic acids is 1. The van der Waals surface area contributed by atoms with Gasteiger partial charge in [-0.1, -0.05) is 37.3 Å². The van der Waals surface area contributed by atoms with Crippen molar-refractivity contribution >= 4 is 11.9 Å². The lowest BCUT2D eigenvalue weighted by Gasteiger charge is -2.26. The fourth-order valence-electron chi connectivity index (χ4n) is 1.68. The first-order valence-electron chi connectivity index (χ1n) is 5.81. The van der Waals surface area contributed by atoms with Gasteiger partial charge in [-0.15, -0.1) is 0 Å². The van der Waals surface area contributed by atoms with Crippen molar-refractivity contribution in [3.8, 4) is 0 Å². The number of hydrogen-bond acceptors (Lipinski definition) is 3. The number of likely N-dealkylation sites (N-methyl/N-ethyl adjacent to an activating group) is 1. The van der Waals surface area contributed by atoms with Crippen LogP contribution in [-0.2, 0) is 9.59 Å². The van der Waals surface area contributed by atoms with E-state index >= 15 is 0 Å². The van der Waals surface area contributed by atoms with Gasteiger partial charge in [0.2, 0.25) is 5.91 Å². The largest absolute Gasteiger partial charge is 0.480 e. The topological polar surface area (TPSA) is 69.6 Å². The predicted molar refractivity (Wildman–Crippen MR) is 68.1 cm³/mol. The van der Waals surface area contributed by atoms with Crippen LogP contribution in [0.1, 0.15) is 18.5 Å². The van der Waals surface area contributed by atoms with Gasteiger partial charge in [0.25, 0.3) is 0 Å². The Labute approximate surface area is 106 Å². The van der Waals surface area contributed by atoms with E-state index in [-0.39, 0.29) is 12.5 Å². The molecule has 1 aromatic rings. The molecular weight excluding hydrogens is 232 g/mol. The maximum atomic E-state index is 12.0. The predicted octanol–water partition coefficient (Wildman–Crippen LogP) is 0.880. The number of nitrogens with zero attached hydrogens (tertiary/aromatic N) is 1. The zero-order valence-electron chi connectivity index (χ0n) is 10.6. The number of carbonyl (C=O) groups excluding carboxylic acids is 1. The fraction of sp³-hybridized carbons (Fsp3) is 0.385. The summed E-state index contributed by atoms with van der Waals surface area (Å²) in [5.74, 6) is -1.35. The molecule has 0 heterocycles. The first-order valence-corrected chi connectivity index (χ1v) is 5.81. The molecular formula is C13H18N2O3. The van der Waals surface area contributed by atoms with Gasteiger partial charge in [-0.05, 0) is 19.2 Å². The Bertz CT molecular complexity index is 406. The number of aliphatic carboxylic acids is 1. The lowest BCUT2D eigenvalue weighted by molar-refractivity contribution is -0.138. The summed E-state index contributed by atoms with van der Waals surface area (Å²) in [7, 11) is 1.83. The van der Waals surface area contributed by atoms with Crippen LogP contribution in [-0.4, -0.2) is 42.0 Å². The van der Waals surface area contributed by atoms with Crippen LogP contribution >= 0.6 is 0 Å². The Morgan fingerprint density at radius 1 is 1.33 bits per heavy atom. The highest BCUT2D eigenvalue weighted by molar-refractivity contribution is 5.86. The second-order valence-electron chi connectivity index (χ2n) is 4.00. The fourth-order valence-corrected chi connectivity index (χ4v) is 1.68. The second-order valence-corrected chi connectivity index (χ2v) is 4.00. The third kappa shape index (κ3) is 3.85. The summed E-state index contributed by atoms with van der Waals surface area (Å²) < 4.78 is 0. The molecule has 2 N–H and O–H groups in total. The van der Waals surface area contributed by atoms with E-state index in [2.05, 4.69) is 5.32 Å². The van der Waals surface area contributed by atoms with Gasteiger partial charge >= 0.3 is 5.97 Å². The van der Waals surface area contributed by atoms with Crippen molar-refractivity contribution in [2.45, 2.75) is 13.0 Å². The Morgan fingerprint density at radius 2 is 1.94 bits per heavy atom. The standard InChI is InChI=1S/C13H18N2O3/c1-3-15(2)12(10-7-5-4-6-8-10)13(18)14-9-11(16)17/h4-8,12H,3,9H2,1-2H3,(H,14,18)(H,16,17). The maximum Gasteiger partial charge on any atom is 0.322 e. The molecule has 18 heavy (non-hydrogen) atoms. The number of amides is 1.